The van der Waals surface area contributed by atoms with Crippen LogP contribution in [-0.4, -0.2) is 50.7 Å². The Morgan fingerprint density at radius 2 is 1.85 bits per heavy atom. The van der Waals surface area contributed by atoms with E-state index in [-0.39, 0.29) is 5.69 Å². The first kappa shape index (κ1) is 18.9. The molecule has 1 aromatic heterocycles. The molecule has 1 aromatic carbocycles. The third-order valence-corrected chi connectivity index (χ3v) is 3.75. The number of H-pyrrole nitrogens is 1. The number of rotatable bonds is 8. The fourth-order valence-corrected chi connectivity index (χ4v) is 2.70. The number of carboxylic acids is 1. The van der Waals surface area contributed by atoms with Gasteiger partial charge in [0.1, 0.15) is 12.8 Å². The Morgan fingerprint density at radius 3 is 2.35 bits per heavy atom. The van der Waals surface area contributed by atoms with E-state index in [1.807, 2.05) is 0 Å². The number of aromatic amines is 1. The molecule has 0 spiro atoms. The minimum atomic E-state index is -1.13. The molecule has 2 N–H and O–H groups in total. The summed E-state index contributed by atoms with van der Waals surface area (Å²) in [6, 6.07) is 3.44. The summed E-state index contributed by atoms with van der Waals surface area (Å²) in [4.78, 5) is 19.1. The fraction of sp³-hybridized carbons (Fsp3) is 0.222. The summed E-state index contributed by atoms with van der Waals surface area (Å²) in [5.74, 6) is 0.125. The molecule has 8 heteroatoms. The van der Waals surface area contributed by atoms with Crippen LogP contribution in [0.4, 0.5) is 0 Å². The van der Waals surface area contributed by atoms with Crippen LogP contribution >= 0.6 is 0 Å². The Labute approximate surface area is 150 Å². The highest BCUT2D eigenvalue weighted by Crippen LogP contribution is 2.46. The van der Waals surface area contributed by atoms with E-state index < -0.39 is 5.97 Å². The lowest BCUT2D eigenvalue weighted by molar-refractivity contribution is 0.0691. The molecule has 0 aliphatic heterocycles. The van der Waals surface area contributed by atoms with Crippen LogP contribution in [0.3, 0.4) is 0 Å². The molecule has 26 heavy (non-hydrogen) atoms. The zero-order valence-corrected chi connectivity index (χ0v) is 15.0. The van der Waals surface area contributed by atoms with Gasteiger partial charge in [-0.25, -0.2) is 4.79 Å². The van der Waals surface area contributed by atoms with Gasteiger partial charge in [0.25, 0.3) is 0 Å². The van der Waals surface area contributed by atoms with E-state index in [1.165, 1.54) is 40.7 Å². The summed E-state index contributed by atoms with van der Waals surface area (Å²) in [6.07, 6.45) is 2.83. The quantitative estimate of drug-likeness (QED) is 0.554. The number of oxime groups is 1. The topological polar surface area (TPSA) is 102 Å². The van der Waals surface area contributed by atoms with E-state index in [4.69, 9.17) is 19.0 Å². The molecule has 0 radical (unpaired) electrons. The molecule has 0 fully saturated rings. The second-order valence-corrected chi connectivity index (χ2v) is 5.01. The number of nitrogens with zero attached hydrogens (tertiary/aromatic N) is 1. The van der Waals surface area contributed by atoms with Gasteiger partial charge in [-0.2, -0.15) is 0 Å². The molecular weight excluding hydrogens is 340 g/mol. The number of hydrogen-bond acceptors (Lipinski definition) is 6. The van der Waals surface area contributed by atoms with Crippen molar-refractivity contribution in [1.82, 2.24) is 4.98 Å². The van der Waals surface area contributed by atoms with Gasteiger partial charge in [-0.15, -0.1) is 0 Å². The first-order valence-electron chi connectivity index (χ1n) is 7.51. The maximum Gasteiger partial charge on any atom is 0.352 e. The summed E-state index contributed by atoms with van der Waals surface area (Å²) in [6.45, 7) is 3.73. The molecular formula is C18H20N2O6. The van der Waals surface area contributed by atoms with E-state index in [2.05, 4.69) is 16.7 Å². The molecule has 0 saturated carbocycles. The first-order chi connectivity index (χ1) is 12.5. The monoisotopic (exact) mass is 360 g/mol. The maximum absolute atomic E-state index is 11.6. The van der Waals surface area contributed by atoms with Crippen molar-refractivity contribution < 1.29 is 28.9 Å². The van der Waals surface area contributed by atoms with Crippen LogP contribution < -0.4 is 14.2 Å². The maximum atomic E-state index is 11.6. The minimum absolute atomic E-state index is 0.0237. The average Bonchev–Trinajstić information content (AvgIpc) is 3.03. The van der Waals surface area contributed by atoms with Crippen molar-refractivity contribution in [2.75, 3.05) is 28.4 Å². The summed E-state index contributed by atoms with van der Waals surface area (Å²) in [7, 11) is 5.89. The summed E-state index contributed by atoms with van der Waals surface area (Å²) in [5, 5.41) is 13.2. The first-order valence-corrected chi connectivity index (χ1v) is 7.51. The minimum Gasteiger partial charge on any atom is -0.493 e. The molecule has 138 valence electrons. The van der Waals surface area contributed by atoms with Crippen molar-refractivity contribution in [2.24, 2.45) is 5.16 Å². The summed E-state index contributed by atoms with van der Waals surface area (Å²) in [5.41, 5.74) is 1.91. The Kier molecular flexibility index (Phi) is 5.90. The third-order valence-electron chi connectivity index (χ3n) is 3.75. The van der Waals surface area contributed by atoms with Crippen LogP contribution in [0.15, 0.2) is 23.9 Å². The molecule has 0 bridgehead atoms. The predicted octanol–water partition coefficient (Wildman–Crippen LogP) is 3.03. The lowest BCUT2D eigenvalue weighted by atomic mass is 9.98. The molecule has 0 aliphatic rings. The van der Waals surface area contributed by atoms with Crippen molar-refractivity contribution in [3.8, 4) is 28.4 Å². The fourth-order valence-electron chi connectivity index (χ4n) is 2.70. The van der Waals surface area contributed by atoms with Crippen LogP contribution in [-0.2, 0) is 4.84 Å². The van der Waals surface area contributed by atoms with Crippen molar-refractivity contribution in [2.45, 2.75) is 0 Å². The standard InChI is InChI=1S/C18H20N2O6/c1-6-10-14(12(9-19-26-5)20-15(10)18(21)22)11-7-8-13(23-2)17(25-4)16(11)24-3/h6-9,20H,1H2,2-5H3,(H,21,22)/b19-9+. The predicted molar refractivity (Wildman–Crippen MR) is 97.5 cm³/mol. The van der Waals surface area contributed by atoms with Crippen molar-refractivity contribution in [3.05, 3.63) is 35.7 Å². The Morgan fingerprint density at radius 1 is 1.15 bits per heavy atom. The Hall–Kier alpha value is -3.42. The van der Waals surface area contributed by atoms with Crippen LogP contribution in [0.25, 0.3) is 17.2 Å². The number of ether oxygens (including phenoxy) is 3. The molecule has 2 rings (SSSR count). The summed E-state index contributed by atoms with van der Waals surface area (Å²) >= 11 is 0. The van der Waals surface area contributed by atoms with Gasteiger partial charge in [-0.1, -0.05) is 17.8 Å². The lowest BCUT2D eigenvalue weighted by Crippen LogP contribution is -1.99. The zero-order chi connectivity index (χ0) is 19.3. The van der Waals surface area contributed by atoms with E-state index in [0.29, 0.717) is 39.6 Å². The third kappa shape index (κ3) is 3.21. The highest BCUT2D eigenvalue weighted by atomic mass is 16.6. The number of methoxy groups -OCH3 is 3. The van der Waals surface area contributed by atoms with Crippen LogP contribution in [0.5, 0.6) is 17.2 Å². The average molecular weight is 360 g/mol. The summed E-state index contributed by atoms with van der Waals surface area (Å²) < 4.78 is 16.2. The number of carbonyl (C=O) groups is 1. The van der Waals surface area contributed by atoms with E-state index >= 15 is 0 Å². The number of benzene rings is 1. The van der Waals surface area contributed by atoms with Gasteiger partial charge < -0.3 is 29.1 Å². The van der Waals surface area contributed by atoms with Gasteiger partial charge in [0.05, 0.1) is 33.2 Å². The molecule has 0 unspecified atom stereocenters. The van der Waals surface area contributed by atoms with Gasteiger partial charge in [-0.05, 0) is 12.1 Å². The number of aromatic nitrogens is 1. The molecule has 1 heterocycles. The van der Waals surface area contributed by atoms with Crippen molar-refractivity contribution >= 4 is 18.3 Å². The molecule has 0 amide bonds. The molecule has 0 saturated heterocycles. The molecule has 0 atom stereocenters. The SMILES string of the molecule is C=Cc1c(C(=O)O)[nH]c(/C=N/OC)c1-c1ccc(OC)c(OC)c1OC. The molecule has 0 aliphatic carbocycles. The highest BCUT2D eigenvalue weighted by Gasteiger charge is 2.25. The normalized spacial score (nSPS) is 10.6. The largest absolute Gasteiger partial charge is 0.493 e. The smallest absolute Gasteiger partial charge is 0.352 e. The number of hydrogen-bond donors (Lipinski definition) is 2. The molecule has 2 aromatic rings. The van der Waals surface area contributed by atoms with Gasteiger partial charge >= 0.3 is 5.97 Å². The van der Waals surface area contributed by atoms with Gasteiger partial charge in [0, 0.05) is 16.7 Å². The second kappa shape index (κ2) is 8.11. The molecule has 8 nitrogen and oxygen atoms in total. The van der Waals surface area contributed by atoms with Crippen LogP contribution in [0.2, 0.25) is 0 Å². The number of nitrogens with one attached hydrogen (secondary N) is 1. The van der Waals surface area contributed by atoms with Crippen molar-refractivity contribution in [3.63, 3.8) is 0 Å². The number of carboxylic acid groups (broad SMARTS) is 1. The van der Waals surface area contributed by atoms with Crippen LogP contribution in [0, 0.1) is 0 Å². The Bertz CT molecular complexity index is 854. The highest BCUT2D eigenvalue weighted by molar-refractivity contribution is 6.02. The van der Waals surface area contributed by atoms with Crippen molar-refractivity contribution in [1.29, 1.82) is 0 Å². The van der Waals surface area contributed by atoms with E-state index in [1.54, 1.807) is 12.1 Å². The van der Waals surface area contributed by atoms with E-state index in [0.717, 1.165) is 0 Å². The van der Waals surface area contributed by atoms with E-state index in [9.17, 15) is 9.90 Å². The zero-order valence-electron chi connectivity index (χ0n) is 15.0. The second-order valence-electron chi connectivity index (χ2n) is 5.01. The Balaban J connectivity index is 2.88. The van der Waals surface area contributed by atoms with Crippen LogP contribution in [0.1, 0.15) is 21.7 Å². The number of aromatic carboxylic acids is 1. The lowest BCUT2D eigenvalue weighted by Gasteiger charge is -2.16. The van der Waals surface area contributed by atoms with Gasteiger partial charge in [-0.3, -0.25) is 0 Å². The van der Waals surface area contributed by atoms with Gasteiger partial charge in [0.2, 0.25) is 5.75 Å². The van der Waals surface area contributed by atoms with Gasteiger partial charge in [0.15, 0.2) is 11.5 Å².